The molecule has 1 N–H and O–H groups in total. The summed E-state index contributed by atoms with van der Waals surface area (Å²) in [5.74, 6) is -4.39. The molecular formula is C28H38O11. The fourth-order valence-electron chi connectivity index (χ4n) is 7.68. The Kier molecular flexibility index (Phi) is 7.26. The summed E-state index contributed by atoms with van der Waals surface area (Å²) in [7, 11) is 0. The van der Waals surface area contributed by atoms with Crippen LogP contribution in [0.2, 0.25) is 0 Å². The molecule has 0 aromatic carbocycles. The predicted octanol–water partition coefficient (Wildman–Crippen LogP) is 1.81. The molecule has 1 heterocycles. The van der Waals surface area contributed by atoms with Gasteiger partial charge in [0.05, 0.1) is 18.1 Å². The third-order valence-electron chi connectivity index (χ3n) is 9.31. The van der Waals surface area contributed by atoms with Crippen LogP contribution in [-0.2, 0) is 47.7 Å². The first-order valence-electron chi connectivity index (χ1n) is 13.2. The SMILES string of the molecule is CC(=O)O[C@H]1[C@@H]2[C@]3(CO3)[C@@H](O)C[C@H](OC(C)=O)[C@@]2(C)[C@@H](OC(C)=O)[C@H](OC(C)=O)C2=C(C)C(=O)C[C@@H]1C2(C)C. The van der Waals surface area contributed by atoms with E-state index < -0.39 is 82.7 Å². The minimum absolute atomic E-state index is 0.0162. The van der Waals surface area contributed by atoms with Gasteiger partial charge in [0, 0.05) is 52.4 Å². The summed E-state index contributed by atoms with van der Waals surface area (Å²) in [5, 5.41) is 11.4. The number of Topliss-reactive ketones (excluding diaryl/α,β-unsaturated/α-hetero) is 1. The molecule has 1 aliphatic heterocycles. The van der Waals surface area contributed by atoms with Gasteiger partial charge in [-0.25, -0.2) is 0 Å². The fourth-order valence-corrected chi connectivity index (χ4v) is 7.68. The molecular weight excluding hydrogens is 512 g/mol. The molecule has 0 radical (unpaired) electrons. The van der Waals surface area contributed by atoms with Gasteiger partial charge >= 0.3 is 23.9 Å². The van der Waals surface area contributed by atoms with E-state index in [1.165, 1.54) is 27.7 Å². The Morgan fingerprint density at radius 3 is 1.92 bits per heavy atom. The summed E-state index contributed by atoms with van der Waals surface area (Å²) < 4.78 is 29.6. The van der Waals surface area contributed by atoms with Crippen molar-refractivity contribution in [1.29, 1.82) is 0 Å². The van der Waals surface area contributed by atoms with Crippen LogP contribution in [0.5, 0.6) is 0 Å². The van der Waals surface area contributed by atoms with Gasteiger partial charge in [-0.15, -0.1) is 0 Å². The summed E-state index contributed by atoms with van der Waals surface area (Å²) in [6.45, 7) is 12.1. The molecule has 4 aliphatic rings. The van der Waals surface area contributed by atoms with Crippen molar-refractivity contribution in [3.8, 4) is 0 Å². The molecule has 3 fully saturated rings. The quantitative estimate of drug-likeness (QED) is 0.309. The second-order valence-corrected chi connectivity index (χ2v) is 12.1. The zero-order valence-electron chi connectivity index (χ0n) is 23.7. The Bertz CT molecular complexity index is 1130. The zero-order chi connectivity index (χ0) is 29.2. The Labute approximate surface area is 227 Å². The van der Waals surface area contributed by atoms with Crippen molar-refractivity contribution in [2.75, 3.05) is 6.61 Å². The molecule has 0 unspecified atom stereocenters. The normalized spacial score (nSPS) is 40.5. The van der Waals surface area contributed by atoms with Crippen molar-refractivity contribution in [2.24, 2.45) is 22.7 Å². The molecule has 216 valence electrons. The largest absolute Gasteiger partial charge is 0.462 e. The number of hydrogen-bond acceptors (Lipinski definition) is 11. The van der Waals surface area contributed by atoms with Crippen molar-refractivity contribution in [2.45, 2.75) is 104 Å². The van der Waals surface area contributed by atoms with E-state index in [1.807, 2.05) is 13.8 Å². The van der Waals surface area contributed by atoms with Crippen LogP contribution in [-0.4, -0.2) is 77.5 Å². The van der Waals surface area contributed by atoms with Crippen LogP contribution >= 0.6 is 0 Å². The molecule has 39 heavy (non-hydrogen) atoms. The van der Waals surface area contributed by atoms with Gasteiger partial charge in [-0.05, 0) is 23.5 Å². The molecule has 1 saturated heterocycles. The Balaban J connectivity index is 2.13. The number of hydrogen-bond donors (Lipinski definition) is 1. The highest BCUT2D eigenvalue weighted by atomic mass is 16.6. The maximum Gasteiger partial charge on any atom is 0.303 e. The van der Waals surface area contributed by atoms with Gasteiger partial charge in [0.2, 0.25) is 0 Å². The number of epoxide rings is 1. The number of aliphatic hydroxyl groups excluding tert-OH is 1. The maximum atomic E-state index is 13.4. The lowest BCUT2D eigenvalue weighted by Gasteiger charge is -2.61. The highest BCUT2D eigenvalue weighted by Gasteiger charge is 2.76. The van der Waals surface area contributed by atoms with E-state index >= 15 is 0 Å². The van der Waals surface area contributed by atoms with Crippen LogP contribution in [0.4, 0.5) is 0 Å². The molecule has 1 spiro atoms. The molecule has 11 heteroatoms. The second kappa shape index (κ2) is 9.69. The number of rotatable bonds is 4. The van der Waals surface area contributed by atoms with Gasteiger partial charge in [0.1, 0.15) is 17.8 Å². The molecule has 0 amide bonds. The van der Waals surface area contributed by atoms with Crippen LogP contribution < -0.4 is 0 Å². The lowest BCUT2D eigenvalue weighted by Crippen LogP contribution is -2.72. The highest BCUT2D eigenvalue weighted by Crippen LogP contribution is 2.65. The van der Waals surface area contributed by atoms with Crippen molar-refractivity contribution in [1.82, 2.24) is 0 Å². The van der Waals surface area contributed by atoms with Crippen molar-refractivity contribution in [3.63, 3.8) is 0 Å². The Morgan fingerprint density at radius 1 is 0.897 bits per heavy atom. The molecule has 11 nitrogen and oxygen atoms in total. The number of fused-ring (bicyclic) bond motifs is 4. The summed E-state index contributed by atoms with van der Waals surface area (Å²) in [6, 6.07) is 0. The first-order valence-corrected chi connectivity index (χ1v) is 13.2. The summed E-state index contributed by atoms with van der Waals surface area (Å²) in [5.41, 5.74) is -2.72. The van der Waals surface area contributed by atoms with Gasteiger partial charge in [-0.2, -0.15) is 0 Å². The molecule has 2 bridgehead atoms. The smallest absolute Gasteiger partial charge is 0.303 e. The Hall–Kier alpha value is -2.79. The number of esters is 4. The van der Waals surface area contributed by atoms with Crippen LogP contribution in [0.1, 0.15) is 68.2 Å². The molecule has 3 aliphatic carbocycles. The van der Waals surface area contributed by atoms with E-state index in [-0.39, 0.29) is 25.2 Å². The monoisotopic (exact) mass is 550 g/mol. The second-order valence-electron chi connectivity index (χ2n) is 12.1. The third kappa shape index (κ3) is 4.57. The minimum atomic E-state index is -1.39. The number of aliphatic hydroxyl groups is 1. The molecule has 0 aromatic heterocycles. The van der Waals surface area contributed by atoms with Gasteiger partial charge < -0.3 is 28.8 Å². The molecule has 2 saturated carbocycles. The first kappa shape index (κ1) is 29.2. The van der Waals surface area contributed by atoms with Crippen LogP contribution in [0, 0.1) is 22.7 Å². The zero-order valence-corrected chi connectivity index (χ0v) is 23.7. The van der Waals surface area contributed by atoms with Crippen LogP contribution in [0.3, 0.4) is 0 Å². The number of ether oxygens (including phenoxy) is 5. The average molecular weight is 551 g/mol. The van der Waals surface area contributed by atoms with E-state index in [2.05, 4.69) is 0 Å². The number of allylic oxidation sites excluding steroid dienone is 1. The summed E-state index contributed by atoms with van der Waals surface area (Å²) >= 11 is 0. The lowest BCUT2D eigenvalue weighted by molar-refractivity contribution is -0.254. The van der Waals surface area contributed by atoms with Gasteiger partial charge in [-0.3, -0.25) is 24.0 Å². The van der Waals surface area contributed by atoms with Gasteiger partial charge in [0.25, 0.3) is 0 Å². The number of carbonyl (C=O) groups is 5. The summed E-state index contributed by atoms with van der Waals surface area (Å²) in [4.78, 5) is 63.6. The van der Waals surface area contributed by atoms with Crippen LogP contribution in [0.15, 0.2) is 11.1 Å². The lowest BCUT2D eigenvalue weighted by atomic mass is 9.47. The van der Waals surface area contributed by atoms with E-state index in [9.17, 15) is 29.1 Å². The average Bonchev–Trinajstić information content (AvgIpc) is 3.57. The van der Waals surface area contributed by atoms with Gasteiger partial charge in [0.15, 0.2) is 18.0 Å². The molecule has 9 atom stereocenters. The fraction of sp³-hybridized carbons (Fsp3) is 0.750. The predicted molar refractivity (Wildman–Crippen MR) is 133 cm³/mol. The first-order chi connectivity index (χ1) is 18.0. The topological polar surface area (TPSA) is 155 Å². The van der Waals surface area contributed by atoms with Crippen LogP contribution in [0.25, 0.3) is 0 Å². The van der Waals surface area contributed by atoms with E-state index in [4.69, 9.17) is 23.7 Å². The maximum absolute atomic E-state index is 13.4. The van der Waals surface area contributed by atoms with Crippen molar-refractivity contribution in [3.05, 3.63) is 11.1 Å². The van der Waals surface area contributed by atoms with E-state index in [1.54, 1.807) is 13.8 Å². The van der Waals surface area contributed by atoms with Crippen molar-refractivity contribution >= 4 is 29.7 Å². The third-order valence-corrected chi connectivity index (χ3v) is 9.31. The van der Waals surface area contributed by atoms with E-state index in [0.29, 0.717) is 11.1 Å². The van der Waals surface area contributed by atoms with E-state index in [0.717, 1.165) is 0 Å². The van der Waals surface area contributed by atoms with Gasteiger partial charge in [-0.1, -0.05) is 20.8 Å². The summed E-state index contributed by atoms with van der Waals surface area (Å²) in [6.07, 6.45) is -5.76. The standard InChI is InChI=1S/C28H38O11/c1-12-18(33)9-17-22(37-14(3)30)24-27(8,20(36-13(2)29)10-19(34)28(24)11-35-28)25(39-16(5)32)23(38-15(4)31)21(12)26(17,6)7/h17,19-20,22-25,34H,9-11H2,1-8H3/t17-,19-,20-,22+,23+,24-,25-,27+,28-/m0/s1. The minimum Gasteiger partial charge on any atom is -0.462 e. The van der Waals surface area contributed by atoms with Crippen molar-refractivity contribution < 1.29 is 52.8 Å². The molecule has 0 aromatic rings. The molecule has 4 rings (SSSR count). The number of carbonyl (C=O) groups excluding carboxylic acids is 5. The number of ketones is 1. The highest BCUT2D eigenvalue weighted by molar-refractivity contribution is 5.97. The Morgan fingerprint density at radius 2 is 1.44 bits per heavy atom.